The number of thioether (sulfide) groups is 1. The summed E-state index contributed by atoms with van der Waals surface area (Å²) in [5.74, 6) is 0.345. The van der Waals surface area contributed by atoms with Gasteiger partial charge >= 0.3 is 0 Å². The van der Waals surface area contributed by atoms with Gasteiger partial charge in [-0.1, -0.05) is 74.3 Å². The molecule has 0 spiro atoms. The molecule has 0 aromatic heterocycles. The Morgan fingerprint density at radius 3 is 2.00 bits per heavy atom. The van der Waals surface area contributed by atoms with E-state index < -0.39 is 8.07 Å². The predicted octanol–water partition coefficient (Wildman–Crippen LogP) is 5.20. The molecule has 2 rings (SSSR count). The molecule has 0 saturated heterocycles. The first-order valence-electron chi connectivity index (χ1n) is 8.17. The fourth-order valence-electron chi connectivity index (χ4n) is 3.15. The molecule has 0 aliphatic rings. The quantitative estimate of drug-likeness (QED) is 0.530. The smallest absolute Gasteiger partial charge is 0.115 e. The number of aromatic hydroxyl groups is 1. The Kier molecular flexibility index (Phi) is 6.59. The maximum Gasteiger partial charge on any atom is 0.115 e. The molecule has 3 heteroatoms. The van der Waals surface area contributed by atoms with Gasteiger partial charge in [0.1, 0.15) is 5.75 Å². The van der Waals surface area contributed by atoms with E-state index in [4.69, 9.17) is 0 Å². The molecule has 1 nitrogen and oxygen atoms in total. The van der Waals surface area contributed by atoms with Crippen LogP contribution < -0.4 is 5.19 Å². The molecular weight excluding hydrogens is 304 g/mol. The van der Waals surface area contributed by atoms with E-state index in [0.29, 0.717) is 5.75 Å². The van der Waals surface area contributed by atoms with Gasteiger partial charge in [0, 0.05) is 4.90 Å². The second kappa shape index (κ2) is 8.44. The lowest BCUT2D eigenvalue weighted by Crippen LogP contribution is -2.50. The highest BCUT2D eigenvalue weighted by Crippen LogP contribution is 2.29. The minimum Gasteiger partial charge on any atom is -0.508 e. The van der Waals surface area contributed by atoms with Crippen LogP contribution in [0.25, 0.3) is 0 Å². The monoisotopic (exact) mass is 330 g/mol. The van der Waals surface area contributed by atoms with Gasteiger partial charge in [0.15, 0.2) is 0 Å². The maximum atomic E-state index is 9.43. The fraction of sp³-hybridized carbons (Fsp3) is 0.368. The number of phenolic OH excluding ortho intramolecular Hbond substituents is 1. The number of benzene rings is 2. The fourth-order valence-corrected chi connectivity index (χ4v) is 10.7. The Bertz CT molecular complexity index is 547. The summed E-state index contributed by atoms with van der Waals surface area (Å²) in [4.78, 5) is 1.26. The van der Waals surface area contributed by atoms with Crippen molar-refractivity contribution in [1.82, 2.24) is 0 Å². The number of phenols is 1. The van der Waals surface area contributed by atoms with Gasteiger partial charge in [-0.2, -0.15) is 0 Å². The summed E-state index contributed by atoms with van der Waals surface area (Å²) in [6, 6.07) is 21.5. The molecule has 0 aliphatic carbocycles. The highest BCUT2D eigenvalue weighted by atomic mass is 32.2. The highest BCUT2D eigenvalue weighted by Gasteiger charge is 2.33. The van der Waals surface area contributed by atoms with Crippen LogP contribution in [0.5, 0.6) is 5.75 Å². The molecule has 2 aromatic carbocycles. The van der Waals surface area contributed by atoms with Gasteiger partial charge in [-0.3, -0.25) is 0 Å². The number of rotatable bonds is 8. The van der Waals surface area contributed by atoms with Gasteiger partial charge < -0.3 is 5.11 Å². The second-order valence-corrected chi connectivity index (χ2v) is 12.0. The molecule has 0 amide bonds. The van der Waals surface area contributed by atoms with Crippen LogP contribution >= 0.6 is 11.8 Å². The third kappa shape index (κ3) is 4.40. The Morgan fingerprint density at radius 2 is 1.45 bits per heavy atom. The normalized spacial score (nSPS) is 11.5. The molecule has 0 bridgehead atoms. The van der Waals surface area contributed by atoms with Crippen molar-refractivity contribution in [3.63, 3.8) is 0 Å². The van der Waals surface area contributed by atoms with Gasteiger partial charge in [0.2, 0.25) is 0 Å². The summed E-state index contributed by atoms with van der Waals surface area (Å²) < 4.78 is 0. The third-order valence-electron chi connectivity index (χ3n) is 4.20. The zero-order chi connectivity index (χ0) is 15.8. The largest absolute Gasteiger partial charge is 0.508 e. The molecule has 1 N–H and O–H groups in total. The van der Waals surface area contributed by atoms with E-state index in [1.165, 1.54) is 35.2 Å². The summed E-state index contributed by atoms with van der Waals surface area (Å²) in [6.07, 6.45) is 2.52. The van der Waals surface area contributed by atoms with Crippen LogP contribution in [-0.4, -0.2) is 18.6 Å². The van der Waals surface area contributed by atoms with Gasteiger partial charge in [0.05, 0.1) is 8.07 Å². The van der Waals surface area contributed by atoms with Crippen molar-refractivity contribution in [3.05, 3.63) is 54.6 Å². The van der Waals surface area contributed by atoms with Crippen molar-refractivity contribution < 1.29 is 5.11 Å². The molecule has 0 radical (unpaired) electrons. The summed E-state index contributed by atoms with van der Waals surface area (Å²) in [5, 5.41) is 12.3. The summed E-state index contributed by atoms with van der Waals surface area (Å²) in [7, 11) is -1.47. The molecule has 0 atom stereocenters. The van der Waals surface area contributed by atoms with Crippen molar-refractivity contribution in [2.24, 2.45) is 0 Å². The van der Waals surface area contributed by atoms with Gasteiger partial charge in [-0.25, -0.2) is 0 Å². The van der Waals surface area contributed by atoms with Crippen molar-refractivity contribution in [2.75, 3.05) is 5.38 Å². The number of hydrogen-bond donors (Lipinski definition) is 1. The second-order valence-electron chi connectivity index (χ2n) is 5.93. The van der Waals surface area contributed by atoms with Gasteiger partial charge in [-0.15, -0.1) is 11.8 Å². The van der Waals surface area contributed by atoms with Crippen LogP contribution in [0.1, 0.15) is 26.7 Å². The zero-order valence-electron chi connectivity index (χ0n) is 13.6. The van der Waals surface area contributed by atoms with Crippen LogP contribution in [-0.2, 0) is 0 Å². The predicted molar refractivity (Wildman–Crippen MR) is 101 cm³/mol. The molecule has 0 unspecified atom stereocenters. The van der Waals surface area contributed by atoms with Gasteiger partial charge in [-0.05, 0) is 29.6 Å². The molecule has 118 valence electrons. The van der Waals surface area contributed by atoms with E-state index in [-0.39, 0.29) is 0 Å². The van der Waals surface area contributed by atoms with Gasteiger partial charge in [0.25, 0.3) is 0 Å². The SMILES string of the molecule is CCC[Si](CCC)(CSc1ccc(O)cc1)c1ccccc1. The van der Waals surface area contributed by atoms with E-state index in [0.717, 1.165) is 0 Å². The average Bonchev–Trinajstić information content (AvgIpc) is 2.55. The Hall–Kier alpha value is -1.19. The molecule has 0 saturated carbocycles. The summed E-state index contributed by atoms with van der Waals surface area (Å²) in [5.41, 5.74) is 0. The molecule has 0 fully saturated rings. The Labute approximate surface area is 139 Å². The summed E-state index contributed by atoms with van der Waals surface area (Å²) in [6.45, 7) is 4.62. The van der Waals surface area contributed by atoms with Crippen LogP contribution in [0.2, 0.25) is 12.1 Å². The first-order chi connectivity index (χ1) is 10.7. The van der Waals surface area contributed by atoms with E-state index in [1.54, 1.807) is 17.3 Å². The van der Waals surface area contributed by atoms with E-state index in [9.17, 15) is 5.11 Å². The lowest BCUT2D eigenvalue weighted by atomic mass is 10.3. The number of hydrogen-bond acceptors (Lipinski definition) is 2. The summed E-state index contributed by atoms with van der Waals surface area (Å²) >= 11 is 1.96. The van der Waals surface area contributed by atoms with E-state index >= 15 is 0 Å². The van der Waals surface area contributed by atoms with Crippen LogP contribution in [0.4, 0.5) is 0 Å². The Balaban J connectivity index is 2.21. The third-order valence-corrected chi connectivity index (χ3v) is 12.1. The highest BCUT2D eigenvalue weighted by molar-refractivity contribution is 8.01. The maximum absolute atomic E-state index is 9.43. The first kappa shape index (κ1) is 17.2. The van der Waals surface area contributed by atoms with Crippen LogP contribution in [0.3, 0.4) is 0 Å². The topological polar surface area (TPSA) is 20.2 Å². The minimum absolute atomic E-state index is 0.345. The molecule has 0 aliphatic heterocycles. The lowest BCUT2D eigenvalue weighted by Gasteiger charge is -2.32. The molecule has 22 heavy (non-hydrogen) atoms. The molecule has 0 heterocycles. The van der Waals surface area contributed by atoms with Crippen molar-refractivity contribution in [1.29, 1.82) is 0 Å². The first-order valence-corrected chi connectivity index (χ1v) is 11.8. The van der Waals surface area contributed by atoms with Crippen molar-refractivity contribution in [2.45, 2.75) is 43.7 Å². The molecular formula is C19H26OSSi. The standard InChI is InChI=1S/C19H26OSSi/c1-3-14-22(15-4-2,19-8-6-5-7-9-19)16-21-18-12-10-17(20)11-13-18/h5-13,20H,3-4,14-16H2,1-2H3. The minimum atomic E-state index is -1.47. The Morgan fingerprint density at radius 1 is 0.864 bits per heavy atom. The van der Waals surface area contributed by atoms with Crippen molar-refractivity contribution in [3.8, 4) is 5.75 Å². The van der Waals surface area contributed by atoms with Crippen LogP contribution in [0, 0.1) is 0 Å². The van der Waals surface area contributed by atoms with Crippen LogP contribution in [0.15, 0.2) is 59.5 Å². The lowest BCUT2D eigenvalue weighted by molar-refractivity contribution is 0.475. The van der Waals surface area contributed by atoms with Crippen molar-refractivity contribution >= 4 is 25.0 Å². The zero-order valence-corrected chi connectivity index (χ0v) is 15.4. The average molecular weight is 331 g/mol. The van der Waals surface area contributed by atoms with E-state index in [1.807, 2.05) is 23.9 Å². The molecule has 2 aromatic rings. The van der Waals surface area contributed by atoms with E-state index in [2.05, 4.69) is 44.2 Å².